The van der Waals surface area contributed by atoms with E-state index in [1.54, 1.807) is 24.3 Å². The lowest BCUT2D eigenvalue weighted by molar-refractivity contribution is 0.423. The van der Waals surface area contributed by atoms with E-state index in [1.165, 1.54) is 31.7 Å². The van der Waals surface area contributed by atoms with Crippen molar-refractivity contribution >= 4 is 92.4 Å². The van der Waals surface area contributed by atoms with Gasteiger partial charge in [-0.15, -0.1) is 15.3 Å². The molecule has 0 bridgehead atoms. The average molecular weight is 715 g/mol. The number of ether oxygens (including phenoxy) is 1. The minimum Gasteiger partial charge on any atom is -0.505 e. The van der Waals surface area contributed by atoms with Crippen molar-refractivity contribution in [2.45, 2.75) is 14.7 Å². The van der Waals surface area contributed by atoms with Crippen LogP contribution in [0.15, 0.2) is 113 Å². The number of benzene rings is 5. The first-order valence-electron chi connectivity index (χ1n) is 13.0. The van der Waals surface area contributed by atoms with E-state index < -0.39 is 62.2 Å². The third-order valence-corrected chi connectivity index (χ3v) is 9.29. The van der Waals surface area contributed by atoms with Crippen molar-refractivity contribution in [1.29, 1.82) is 0 Å². The number of methoxy groups -OCH3 is 1. The second-order valence-corrected chi connectivity index (χ2v) is 14.0. The molecule has 0 spiro atoms. The molecule has 0 radical (unpaired) electrons. The molecular weight excluding hydrogens is 693 g/mol. The van der Waals surface area contributed by atoms with Gasteiger partial charge in [-0.1, -0.05) is 6.07 Å². The van der Waals surface area contributed by atoms with E-state index in [9.17, 15) is 44.0 Å². The van der Waals surface area contributed by atoms with Crippen LogP contribution in [0.1, 0.15) is 0 Å². The molecule has 48 heavy (non-hydrogen) atoms. The molecule has 0 saturated carbocycles. The molecule has 0 unspecified atom stereocenters. The van der Waals surface area contributed by atoms with Crippen LogP contribution in [0.2, 0.25) is 0 Å². The Bertz CT molecular complexity index is 2540. The lowest BCUT2D eigenvalue weighted by Gasteiger charge is -2.11. The maximum absolute atomic E-state index is 12.3. The summed E-state index contributed by atoms with van der Waals surface area (Å²) >= 11 is 0. The molecule has 0 aromatic heterocycles. The number of fused-ring (bicyclic) bond motifs is 2. The molecule has 0 amide bonds. The van der Waals surface area contributed by atoms with Crippen molar-refractivity contribution in [3.63, 3.8) is 0 Å². The number of nitrogen functional groups attached to an aromatic ring is 1. The van der Waals surface area contributed by atoms with Gasteiger partial charge in [0.05, 0.1) is 40.4 Å². The van der Waals surface area contributed by atoms with Crippen LogP contribution in [-0.4, -0.2) is 57.5 Å². The minimum atomic E-state index is -5.14. The molecule has 6 N–H and O–H groups in total. The number of azo groups is 2. The number of hydrogen-bond donors (Lipinski definition) is 5. The van der Waals surface area contributed by atoms with E-state index in [0.29, 0.717) is 11.4 Å². The number of rotatable bonds is 9. The molecule has 248 valence electrons. The van der Waals surface area contributed by atoms with E-state index in [1.807, 2.05) is 0 Å². The van der Waals surface area contributed by atoms with Crippen LogP contribution >= 0.6 is 0 Å². The quantitative estimate of drug-likeness (QED) is 0.0377. The van der Waals surface area contributed by atoms with E-state index in [-0.39, 0.29) is 32.9 Å². The van der Waals surface area contributed by atoms with Gasteiger partial charge in [0.1, 0.15) is 15.5 Å². The van der Waals surface area contributed by atoms with Crippen LogP contribution in [0.3, 0.4) is 0 Å². The maximum Gasteiger partial charge on any atom is 0.296 e. The van der Waals surface area contributed by atoms with Crippen molar-refractivity contribution in [2.75, 3.05) is 12.8 Å². The SMILES string of the molecule is COC=Nc1ccc(N=Nc2ccc(N=Nc3c(S(=O)(=O)O)cc4cc(S(=O)(=O)O)c(N)cc4c3O)c3cc(S(=O)(=O)O)ccc23)cc1. The Kier molecular flexibility index (Phi) is 8.97. The Morgan fingerprint density at radius 1 is 0.646 bits per heavy atom. The molecule has 5 aromatic carbocycles. The minimum absolute atomic E-state index is 0.0466. The van der Waals surface area contributed by atoms with Crippen molar-refractivity contribution in [3.05, 3.63) is 72.8 Å². The maximum atomic E-state index is 12.3. The largest absolute Gasteiger partial charge is 0.505 e. The lowest BCUT2D eigenvalue weighted by Crippen LogP contribution is -2.04. The van der Waals surface area contributed by atoms with Gasteiger partial charge in [0.15, 0.2) is 12.2 Å². The number of nitrogens with zero attached hydrogens (tertiary/aromatic N) is 5. The predicted octanol–water partition coefficient (Wildman–Crippen LogP) is 6.16. The van der Waals surface area contributed by atoms with E-state index in [4.69, 9.17) is 10.5 Å². The number of nitrogens with two attached hydrogens (primary N) is 1. The van der Waals surface area contributed by atoms with Gasteiger partial charge in [0.25, 0.3) is 30.4 Å². The van der Waals surface area contributed by atoms with Crippen LogP contribution in [-0.2, 0) is 35.1 Å². The molecule has 0 aliphatic carbocycles. The second kappa shape index (κ2) is 12.7. The highest BCUT2D eigenvalue weighted by Gasteiger charge is 2.25. The molecule has 5 aromatic rings. The summed E-state index contributed by atoms with van der Waals surface area (Å²) in [5.74, 6) is -0.884. The zero-order valence-electron chi connectivity index (χ0n) is 24.2. The fourth-order valence-electron chi connectivity index (χ4n) is 4.47. The highest BCUT2D eigenvalue weighted by Crippen LogP contribution is 2.44. The summed E-state index contributed by atoms with van der Waals surface area (Å²) in [6.07, 6.45) is 1.26. The molecule has 0 aliphatic rings. The molecule has 0 saturated heterocycles. The van der Waals surface area contributed by atoms with Crippen molar-refractivity contribution in [2.24, 2.45) is 25.4 Å². The summed E-state index contributed by atoms with van der Waals surface area (Å²) in [5.41, 5.74) is 5.60. The molecule has 5 rings (SSSR count). The number of phenolic OH excluding ortho intramolecular Hbond substituents is 1. The molecule has 0 heterocycles. The number of aliphatic imine (C=N–C) groups is 1. The van der Waals surface area contributed by atoms with Crippen LogP contribution in [0.5, 0.6) is 5.75 Å². The molecule has 0 atom stereocenters. The summed E-state index contributed by atoms with van der Waals surface area (Å²) in [5, 5.41) is 27.1. The van der Waals surface area contributed by atoms with Crippen LogP contribution < -0.4 is 5.73 Å². The second-order valence-electron chi connectivity index (χ2n) is 9.81. The smallest absolute Gasteiger partial charge is 0.296 e. The van der Waals surface area contributed by atoms with E-state index in [2.05, 4.69) is 25.4 Å². The normalized spacial score (nSPS) is 13.0. The third kappa shape index (κ3) is 7.12. The van der Waals surface area contributed by atoms with Gasteiger partial charge < -0.3 is 15.6 Å². The Morgan fingerprint density at radius 2 is 1.23 bits per heavy atom. The molecule has 0 fully saturated rings. The zero-order valence-corrected chi connectivity index (χ0v) is 26.6. The fourth-order valence-corrected chi connectivity index (χ4v) is 6.27. The Labute approximate surface area is 272 Å². The first kappa shape index (κ1) is 34.0. The van der Waals surface area contributed by atoms with Crippen LogP contribution in [0, 0.1) is 0 Å². The first-order chi connectivity index (χ1) is 22.5. The zero-order chi connectivity index (χ0) is 35.0. The third-order valence-electron chi connectivity index (χ3n) is 6.66. The van der Waals surface area contributed by atoms with E-state index in [0.717, 1.165) is 30.3 Å². The van der Waals surface area contributed by atoms with Crippen molar-refractivity contribution in [3.8, 4) is 5.75 Å². The predicted molar refractivity (Wildman–Crippen MR) is 173 cm³/mol. The molecule has 20 heteroatoms. The van der Waals surface area contributed by atoms with Crippen LogP contribution in [0.4, 0.5) is 34.1 Å². The summed E-state index contributed by atoms with van der Waals surface area (Å²) in [4.78, 5) is 1.75. The van der Waals surface area contributed by atoms with Crippen LogP contribution in [0.25, 0.3) is 21.5 Å². The van der Waals surface area contributed by atoms with Gasteiger partial charge in [0.2, 0.25) is 0 Å². The first-order valence-corrected chi connectivity index (χ1v) is 17.4. The van der Waals surface area contributed by atoms with Crippen molar-refractivity contribution < 1.29 is 48.8 Å². The summed E-state index contributed by atoms with van der Waals surface area (Å²) in [6.45, 7) is 0. The van der Waals surface area contributed by atoms with Gasteiger partial charge in [-0.25, -0.2) is 4.99 Å². The van der Waals surface area contributed by atoms with Gasteiger partial charge in [-0.3, -0.25) is 13.7 Å². The van der Waals surface area contributed by atoms with Gasteiger partial charge in [-0.2, -0.15) is 30.4 Å². The highest BCUT2D eigenvalue weighted by atomic mass is 32.2. The summed E-state index contributed by atoms with van der Waals surface area (Å²) < 4.78 is 106. The average Bonchev–Trinajstić information content (AvgIpc) is 3.01. The topological polar surface area (TPSA) is 280 Å². The van der Waals surface area contributed by atoms with Gasteiger partial charge in [0, 0.05) is 16.2 Å². The van der Waals surface area contributed by atoms with Gasteiger partial charge >= 0.3 is 0 Å². The Hall–Kier alpha value is -5.38. The van der Waals surface area contributed by atoms with Gasteiger partial charge in [-0.05, 0) is 72.1 Å². The summed E-state index contributed by atoms with van der Waals surface area (Å²) in [7, 11) is -13.2. The molecular formula is C28H22N6O11S3. The number of phenols is 1. The monoisotopic (exact) mass is 714 g/mol. The number of aromatic hydroxyl groups is 1. The number of anilines is 1. The summed E-state index contributed by atoms with van der Waals surface area (Å²) in [6, 6.07) is 15.3. The standard InChI is InChI=1S/C28H22N6O11S3/c1-45-14-30-16-2-4-17(5-3-16)31-32-23-8-9-24(21-12-18(46(36,37)38)6-7-19(21)23)33-34-27-26(48(42,43)44)11-15-10-25(47(39,40)41)22(29)13-20(15)28(27)35/h2-14,35H,29H2,1H3,(H,36,37,38)(H,39,40,41)(H,42,43,44). The van der Waals surface area contributed by atoms with Crippen molar-refractivity contribution in [1.82, 2.24) is 0 Å². The number of hydrogen-bond acceptors (Lipinski definition) is 14. The fraction of sp³-hybridized carbons (Fsp3) is 0.0357. The highest BCUT2D eigenvalue weighted by molar-refractivity contribution is 7.86. The Morgan fingerprint density at radius 3 is 1.83 bits per heavy atom. The Balaban J connectivity index is 1.66. The lowest BCUT2D eigenvalue weighted by atomic mass is 10.1. The molecule has 0 aliphatic heterocycles. The molecule has 17 nitrogen and oxygen atoms in total. The van der Waals surface area contributed by atoms with E-state index >= 15 is 0 Å².